The molecule has 0 bridgehead atoms. The van der Waals surface area contributed by atoms with Crippen molar-refractivity contribution < 1.29 is 14.3 Å². The minimum Gasteiger partial charge on any atom is -0.487 e. The Morgan fingerprint density at radius 1 is 0.703 bits per heavy atom. The Kier molecular flexibility index (Phi) is 7.26. The molecule has 4 aromatic rings. The van der Waals surface area contributed by atoms with Crippen LogP contribution in [0.25, 0.3) is 0 Å². The number of pyridine rings is 3. The summed E-state index contributed by atoms with van der Waals surface area (Å²) >= 11 is 0. The number of amides is 3. The van der Waals surface area contributed by atoms with Gasteiger partial charge in [-0.25, -0.2) is 4.79 Å². The first kappa shape index (κ1) is 23.9. The molecule has 0 radical (unpaired) electrons. The molecular weight excluding hydrogens is 466 g/mol. The first-order valence-corrected chi connectivity index (χ1v) is 11.9. The van der Waals surface area contributed by atoms with Crippen LogP contribution in [-0.2, 0) is 30.9 Å². The molecule has 0 atom stereocenters. The number of imide groups is 1. The quantitative estimate of drug-likeness (QED) is 0.252. The lowest BCUT2D eigenvalue weighted by molar-refractivity contribution is -0.123. The minimum absolute atomic E-state index is 0.103. The van der Waals surface area contributed by atoms with Crippen LogP contribution in [0.1, 0.15) is 22.6 Å². The topological polar surface area (TPSA) is 88.5 Å². The second-order valence-electron chi connectivity index (χ2n) is 8.45. The molecule has 0 spiro atoms. The zero-order chi connectivity index (χ0) is 25.5. The lowest BCUT2D eigenvalue weighted by Crippen LogP contribution is -2.32. The highest BCUT2D eigenvalue weighted by Crippen LogP contribution is 2.26. The standard InChI is InChI=1S/C29H25N5O3/c35-28-27(14-13-22-8-7-12-26(18-22)37-21-25-11-3-6-17-32-25)33(19-23-9-1-4-15-30-23)29(36)34(28)20-24-10-2-5-16-31-24/h1-12,14-18H,13,19-21H2/b27-14+. The van der Waals surface area contributed by atoms with E-state index >= 15 is 0 Å². The first-order valence-electron chi connectivity index (χ1n) is 11.9. The molecule has 0 unspecified atom stereocenters. The predicted octanol–water partition coefficient (Wildman–Crippen LogP) is 4.54. The summed E-state index contributed by atoms with van der Waals surface area (Å²) in [6.45, 7) is 0.660. The van der Waals surface area contributed by atoms with Crippen molar-refractivity contribution in [1.29, 1.82) is 0 Å². The average Bonchev–Trinajstić information content (AvgIpc) is 3.16. The molecule has 184 valence electrons. The van der Waals surface area contributed by atoms with Gasteiger partial charge in [-0.05, 0) is 60.5 Å². The third-order valence-electron chi connectivity index (χ3n) is 5.85. The van der Waals surface area contributed by atoms with E-state index in [2.05, 4.69) is 15.0 Å². The largest absolute Gasteiger partial charge is 0.487 e. The molecule has 5 rings (SSSR count). The van der Waals surface area contributed by atoms with Crippen molar-refractivity contribution in [3.8, 4) is 5.75 Å². The van der Waals surface area contributed by atoms with Crippen LogP contribution in [0.2, 0.25) is 0 Å². The van der Waals surface area contributed by atoms with Crippen LogP contribution in [0.5, 0.6) is 5.75 Å². The third kappa shape index (κ3) is 5.87. The van der Waals surface area contributed by atoms with Crippen LogP contribution >= 0.6 is 0 Å². The predicted molar refractivity (Wildman–Crippen MR) is 137 cm³/mol. The van der Waals surface area contributed by atoms with Gasteiger partial charge in [-0.3, -0.25) is 29.5 Å². The van der Waals surface area contributed by atoms with E-state index in [9.17, 15) is 9.59 Å². The van der Waals surface area contributed by atoms with Gasteiger partial charge in [-0.1, -0.05) is 36.4 Å². The van der Waals surface area contributed by atoms with Gasteiger partial charge in [0.25, 0.3) is 5.91 Å². The van der Waals surface area contributed by atoms with Gasteiger partial charge in [0.05, 0.1) is 30.2 Å². The fourth-order valence-electron chi connectivity index (χ4n) is 4.00. The van der Waals surface area contributed by atoms with E-state index in [0.717, 1.165) is 11.3 Å². The van der Waals surface area contributed by atoms with Gasteiger partial charge >= 0.3 is 6.03 Å². The summed E-state index contributed by atoms with van der Waals surface area (Å²) < 4.78 is 5.89. The molecule has 1 saturated heterocycles. The van der Waals surface area contributed by atoms with Crippen molar-refractivity contribution in [1.82, 2.24) is 24.8 Å². The zero-order valence-electron chi connectivity index (χ0n) is 20.1. The van der Waals surface area contributed by atoms with E-state index in [-0.39, 0.29) is 25.0 Å². The van der Waals surface area contributed by atoms with Crippen LogP contribution in [-0.4, -0.2) is 36.7 Å². The molecule has 8 heteroatoms. The molecule has 1 aromatic carbocycles. The average molecular weight is 492 g/mol. The van der Waals surface area contributed by atoms with Gasteiger partial charge in [0, 0.05) is 18.6 Å². The van der Waals surface area contributed by atoms with Gasteiger partial charge in [-0.15, -0.1) is 0 Å². The van der Waals surface area contributed by atoms with Gasteiger partial charge in [0.1, 0.15) is 18.1 Å². The number of carbonyl (C=O) groups is 2. The fraction of sp³-hybridized carbons (Fsp3) is 0.138. The SMILES string of the molecule is O=C1/C(=C\Cc2cccc(OCc3ccccn3)c2)N(Cc2ccccn2)C(=O)N1Cc1ccccn1. The maximum atomic E-state index is 13.4. The molecule has 8 nitrogen and oxygen atoms in total. The van der Waals surface area contributed by atoms with Crippen LogP contribution in [0.4, 0.5) is 4.79 Å². The van der Waals surface area contributed by atoms with E-state index in [1.807, 2.05) is 66.7 Å². The Morgan fingerprint density at radius 2 is 1.32 bits per heavy atom. The normalized spacial score (nSPS) is 14.4. The molecule has 3 aromatic heterocycles. The second kappa shape index (κ2) is 11.3. The van der Waals surface area contributed by atoms with E-state index < -0.39 is 0 Å². The summed E-state index contributed by atoms with van der Waals surface area (Å²) in [5.41, 5.74) is 3.45. The Balaban J connectivity index is 1.35. The van der Waals surface area contributed by atoms with Gasteiger partial charge < -0.3 is 4.74 Å². The van der Waals surface area contributed by atoms with Crippen molar-refractivity contribution in [2.75, 3.05) is 0 Å². The van der Waals surface area contributed by atoms with Gasteiger partial charge in [-0.2, -0.15) is 0 Å². The molecule has 0 N–H and O–H groups in total. The number of urea groups is 1. The number of allylic oxidation sites excluding steroid dienone is 1. The van der Waals surface area contributed by atoms with E-state index in [1.165, 1.54) is 9.80 Å². The van der Waals surface area contributed by atoms with Crippen molar-refractivity contribution in [2.45, 2.75) is 26.1 Å². The highest BCUT2D eigenvalue weighted by atomic mass is 16.5. The van der Waals surface area contributed by atoms with Crippen LogP contribution < -0.4 is 4.74 Å². The smallest absolute Gasteiger partial charge is 0.332 e. The van der Waals surface area contributed by atoms with Crippen LogP contribution in [0.3, 0.4) is 0 Å². The van der Waals surface area contributed by atoms with Gasteiger partial charge in [0.15, 0.2) is 0 Å². The number of benzene rings is 1. The Labute approximate surface area is 214 Å². The maximum absolute atomic E-state index is 13.4. The van der Waals surface area contributed by atoms with Crippen molar-refractivity contribution in [2.24, 2.45) is 0 Å². The first-order chi connectivity index (χ1) is 18.2. The van der Waals surface area contributed by atoms with Gasteiger partial charge in [0.2, 0.25) is 0 Å². The zero-order valence-corrected chi connectivity index (χ0v) is 20.1. The Hall–Kier alpha value is -4.85. The number of rotatable bonds is 9. The molecule has 37 heavy (non-hydrogen) atoms. The number of hydrogen-bond donors (Lipinski definition) is 0. The second-order valence-corrected chi connectivity index (χ2v) is 8.45. The lowest BCUT2D eigenvalue weighted by atomic mass is 10.1. The van der Waals surface area contributed by atoms with Crippen LogP contribution in [0, 0.1) is 0 Å². The van der Waals surface area contributed by atoms with Crippen molar-refractivity contribution in [3.05, 3.63) is 132 Å². The van der Waals surface area contributed by atoms with Crippen LogP contribution in [0.15, 0.2) is 109 Å². The lowest BCUT2D eigenvalue weighted by Gasteiger charge is -2.16. The van der Waals surface area contributed by atoms with Crippen molar-refractivity contribution in [3.63, 3.8) is 0 Å². The molecule has 1 aliphatic rings. The summed E-state index contributed by atoms with van der Waals surface area (Å²) in [5, 5.41) is 0. The molecule has 1 aliphatic heterocycles. The molecule has 4 heterocycles. The molecule has 1 fully saturated rings. The summed E-state index contributed by atoms with van der Waals surface area (Å²) in [4.78, 5) is 42.3. The Morgan fingerprint density at radius 3 is 1.95 bits per heavy atom. The number of aromatic nitrogens is 3. The number of nitrogens with zero attached hydrogens (tertiary/aromatic N) is 5. The molecule has 0 aliphatic carbocycles. The number of carbonyl (C=O) groups excluding carboxylic acids is 2. The molecule has 0 saturated carbocycles. The highest BCUT2D eigenvalue weighted by molar-refractivity contribution is 6.11. The number of hydrogen-bond acceptors (Lipinski definition) is 6. The summed E-state index contributed by atoms with van der Waals surface area (Å²) in [7, 11) is 0. The minimum atomic E-state index is -0.389. The Bertz CT molecular complexity index is 1400. The fourth-order valence-corrected chi connectivity index (χ4v) is 4.00. The third-order valence-corrected chi connectivity index (χ3v) is 5.85. The number of ether oxygens (including phenoxy) is 1. The summed E-state index contributed by atoms with van der Waals surface area (Å²) in [5.74, 6) is 0.353. The van der Waals surface area contributed by atoms with E-state index in [0.29, 0.717) is 35.9 Å². The van der Waals surface area contributed by atoms with Crippen molar-refractivity contribution >= 4 is 11.9 Å². The summed E-state index contributed by atoms with van der Waals surface area (Å²) in [6.07, 6.45) is 7.29. The molecular formula is C29H25N5O3. The van der Waals surface area contributed by atoms with E-state index in [1.54, 1.807) is 36.8 Å². The molecule has 3 amide bonds. The maximum Gasteiger partial charge on any atom is 0.332 e. The summed E-state index contributed by atoms with van der Waals surface area (Å²) in [6, 6.07) is 23.9. The monoisotopic (exact) mass is 491 g/mol. The van der Waals surface area contributed by atoms with E-state index in [4.69, 9.17) is 4.74 Å². The highest BCUT2D eigenvalue weighted by Gasteiger charge is 2.41.